The number of H-pyrrole nitrogens is 1. The summed E-state index contributed by atoms with van der Waals surface area (Å²) in [4.78, 5) is 31.5. The fourth-order valence-electron chi connectivity index (χ4n) is 2.74. The molecule has 0 saturated carbocycles. The largest absolute Gasteiger partial charge is 0.462 e. The van der Waals surface area contributed by atoms with Gasteiger partial charge in [-0.15, -0.1) is 0 Å². The van der Waals surface area contributed by atoms with Crippen LogP contribution in [0.4, 0.5) is 5.82 Å². The highest BCUT2D eigenvalue weighted by Crippen LogP contribution is 2.32. The molecule has 0 saturated heterocycles. The van der Waals surface area contributed by atoms with Gasteiger partial charge >= 0.3 is 5.97 Å². The summed E-state index contributed by atoms with van der Waals surface area (Å²) in [7, 11) is 0. The van der Waals surface area contributed by atoms with E-state index in [9.17, 15) is 9.59 Å². The molecule has 2 N–H and O–H groups in total. The van der Waals surface area contributed by atoms with E-state index >= 15 is 0 Å². The maximum atomic E-state index is 12.2. The second kappa shape index (κ2) is 5.72. The Labute approximate surface area is 133 Å². The van der Waals surface area contributed by atoms with E-state index in [0.29, 0.717) is 29.3 Å². The molecule has 6 heteroatoms. The van der Waals surface area contributed by atoms with Gasteiger partial charge in [-0.2, -0.15) is 0 Å². The zero-order valence-corrected chi connectivity index (χ0v) is 13.2. The second-order valence-electron chi connectivity index (χ2n) is 5.30. The molecule has 0 aromatic carbocycles. The summed E-state index contributed by atoms with van der Waals surface area (Å²) < 4.78 is 5.08. The van der Waals surface area contributed by atoms with Crippen molar-refractivity contribution in [3.8, 4) is 0 Å². The van der Waals surface area contributed by atoms with Crippen LogP contribution in [0.1, 0.15) is 39.8 Å². The number of carbonyl (C=O) groups excluding carboxylic acids is 2. The van der Waals surface area contributed by atoms with E-state index in [1.165, 1.54) is 0 Å². The molecule has 0 unspecified atom stereocenters. The van der Waals surface area contributed by atoms with Crippen molar-refractivity contribution in [3.63, 3.8) is 0 Å². The van der Waals surface area contributed by atoms with Gasteiger partial charge in [0.05, 0.1) is 17.7 Å². The molecule has 1 aliphatic rings. The molecular weight excluding hydrogens is 294 g/mol. The summed E-state index contributed by atoms with van der Waals surface area (Å²) in [6.45, 7) is 5.73. The lowest BCUT2D eigenvalue weighted by molar-refractivity contribution is -0.110. The van der Waals surface area contributed by atoms with Gasteiger partial charge in [-0.3, -0.25) is 4.79 Å². The van der Waals surface area contributed by atoms with Crippen LogP contribution in [-0.2, 0) is 9.53 Å². The Morgan fingerprint density at radius 1 is 1.39 bits per heavy atom. The summed E-state index contributed by atoms with van der Waals surface area (Å²) in [6, 6.07) is 3.62. The van der Waals surface area contributed by atoms with Crippen LogP contribution in [-0.4, -0.2) is 28.5 Å². The summed E-state index contributed by atoms with van der Waals surface area (Å²) >= 11 is 0. The number of anilines is 1. The molecular formula is C17H17N3O3. The molecule has 23 heavy (non-hydrogen) atoms. The smallest absolute Gasteiger partial charge is 0.340 e. The lowest BCUT2D eigenvalue weighted by Gasteiger charge is -2.02. The van der Waals surface area contributed by atoms with E-state index < -0.39 is 0 Å². The summed E-state index contributed by atoms with van der Waals surface area (Å²) in [5, 5.41) is 2.73. The zero-order valence-electron chi connectivity index (χ0n) is 13.2. The van der Waals surface area contributed by atoms with Crippen molar-refractivity contribution in [2.45, 2.75) is 20.8 Å². The van der Waals surface area contributed by atoms with Crippen LogP contribution in [0, 0.1) is 13.8 Å². The maximum absolute atomic E-state index is 12.2. The lowest BCUT2D eigenvalue weighted by Crippen LogP contribution is -2.06. The number of nitrogens with one attached hydrogen (secondary N) is 2. The Hall–Kier alpha value is -2.89. The van der Waals surface area contributed by atoms with Crippen LogP contribution in [0.3, 0.4) is 0 Å². The fraction of sp³-hybridized carbons (Fsp3) is 0.235. The molecule has 1 amide bonds. The van der Waals surface area contributed by atoms with Gasteiger partial charge < -0.3 is 15.0 Å². The van der Waals surface area contributed by atoms with Crippen LogP contribution in [0.5, 0.6) is 0 Å². The van der Waals surface area contributed by atoms with Gasteiger partial charge in [-0.05, 0) is 44.5 Å². The molecule has 0 fully saturated rings. The number of aromatic nitrogens is 2. The van der Waals surface area contributed by atoms with E-state index in [-0.39, 0.29) is 11.9 Å². The molecule has 118 valence electrons. The molecule has 0 radical (unpaired) electrons. The monoisotopic (exact) mass is 311 g/mol. The third kappa shape index (κ3) is 2.52. The maximum Gasteiger partial charge on any atom is 0.340 e. The van der Waals surface area contributed by atoms with Crippen molar-refractivity contribution in [2.24, 2.45) is 0 Å². The normalized spacial score (nSPS) is 14.7. The van der Waals surface area contributed by atoms with Gasteiger partial charge in [0.1, 0.15) is 5.82 Å². The van der Waals surface area contributed by atoms with Crippen molar-refractivity contribution >= 4 is 29.3 Å². The number of hydrogen-bond donors (Lipinski definition) is 2. The van der Waals surface area contributed by atoms with Crippen molar-refractivity contribution in [1.29, 1.82) is 0 Å². The molecule has 0 aliphatic carbocycles. The quantitative estimate of drug-likeness (QED) is 0.674. The van der Waals surface area contributed by atoms with Crippen LogP contribution in [0.2, 0.25) is 0 Å². The van der Waals surface area contributed by atoms with Crippen LogP contribution >= 0.6 is 0 Å². The minimum Gasteiger partial charge on any atom is -0.462 e. The number of esters is 1. The number of nitrogens with zero attached hydrogens (tertiary/aromatic N) is 1. The number of hydrogen-bond acceptors (Lipinski definition) is 4. The van der Waals surface area contributed by atoms with Crippen molar-refractivity contribution < 1.29 is 14.3 Å². The third-order valence-electron chi connectivity index (χ3n) is 3.82. The lowest BCUT2D eigenvalue weighted by atomic mass is 10.1. The molecule has 6 nitrogen and oxygen atoms in total. The van der Waals surface area contributed by atoms with Gasteiger partial charge in [0, 0.05) is 23.1 Å². The average molecular weight is 311 g/mol. The standard InChI is InChI=1S/C17H17N3O3/c1-4-23-17(22)14-9(2)13(19-10(14)3)8-12-11-6-5-7-18-15(11)20-16(12)21/h5-8,19H,4H2,1-3H3,(H,18,20,21)/b12-8-. The highest BCUT2D eigenvalue weighted by molar-refractivity contribution is 6.34. The second-order valence-corrected chi connectivity index (χ2v) is 5.30. The Morgan fingerprint density at radius 3 is 2.91 bits per heavy atom. The number of rotatable bonds is 3. The minimum atomic E-state index is -0.360. The predicted octanol–water partition coefficient (Wildman–Crippen LogP) is 2.70. The van der Waals surface area contributed by atoms with E-state index in [0.717, 1.165) is 16.8 Å². The van der Waals surface area contributed by atoms with Crippen LogP contribution < -0.4 is 5.32 Å². The molecule has 3 rings (SSSR count). The van der Waals surface area contributed by atoms with Crippen molar-refractivity contribution in [2.75, 3.05) is 11.9 Å². The van der Waals surface area contributed by atoms with Gasteiger partial charge in [0.25, 0.3) is 5.91 Å². The first-order valence-corrected chi connectivity index (χ1v) is 7.37. The van der Waals surface area contributed by atoms with Crippen molar-refractivity contribution in [3.05, 3.63) is 46.4 Å². The van der Waals surface area contributed by atoms with E-state index in [1.807, 2.05) is 19.9 Å². The van der Waals surface area contributed by atoms with E-state index in [2.05, 4.69) is 15.3 Å². The first-order chi connectivity index (χ1) is 11.0. The Balaban J connectivity index is 2.06. The SMILES string of the molecule is CCOC(=O)c1c(C)[nH]c(/C=C2\C(=O)Nc3ncccc32)c1C. The van der Waals surface area contributed by atoms with Gasteiger partial charge in [-0.1, -0.05) is 0 Å². The zero-order chi connectivity index (χ0) is 16.6. The molecule has 1 aliphatic heterocycles. The number of carbonyl (C=O) groups is 2. The number of aromatic amines is 1. The predicted molar refractivity (Wildman–Crippen MR) is 87.0 cm³/mol. The molecule has 2 aromatic heterocycles. The fourth-order valence-corrected chi connectivity index (χ4v) is 2.74. The minimum absolute atomic E-state index is 0.206. The first kappa shape index (κ1) is 15.0. The Morgan fingerprint density at radius 2 is 2.17 bits per heavy atom. The third-order valence-corrected chi connectivity index (χ3v) is 3.82. The number of pyridine rings is 1. The van der Waals surface area contributed by atoms with Gasteiger partial charge in [0.2, 0.25) is 0 Å². The molecule has 2 aromatic rings. The first-order valence-electron chi connectivity index (χ1n) is 7.37. The summed E-state index contributed by atoms with van der Waals surface area (Å²) in [5.41, 5.74) is 3.99. The summed E-state index contributed by atoms with van der Waals surface area (Å²) in [6.07, 6.45) is 3.37. The Kier molecular flexibility index (Phi) is 3.73. The van der Waals surface area contributed by atoms with Crippen molar-refractivity contribution in [1.82, 2.24) is 9.97 Å². The van der Waals surface area contributed by atoms with Gasteiger partial charge in [-0.25, -0.2) is 9.78 Å². The van der Waals surface area contributed by atoms with Gasteiger partial charge in [0.15, 0.2) is 0 Å². The number of fused-ring (bicyclic) bond motifs is 1. The number of ether oxygens (including phenoxy) is 1. The average Bonchev–Trinajstić information content (AvgIpc) is 2.97. The summed E-state index contributed by atoms with van der Waals surface area (Å²) in [5.74, 6) is -0.0142. The number of aryl methyl sites for hydroxylation is 1. The molecule has 0 bridgehead atoms. The van der Waals surface area contributed by atoms with Crippen LogP contribution in [0.15, 0.2) is 18.3 Å². The van der Waals surface area contributed by atoms with E-state index in [1.54, 1.807) is 25.3 Å². The van der Waals surface area contributed by atoms with E-state index in [4.69, 9.17) is 4.74 Å². The number of amides is 1. The highest BCUT2D eigenvalue weighted by Gasteiger charge is 2.26. The molecule has 0 atom stereocenters. The Bertz CT molecular complexity index is 834. The molecule has 3 heterocycles. The topological polar surface area (TPSA) is 84.1 Å². The van der Waals surface area contributed by atoms with Crippen LogP contribution in [0.25, 0.3) is 11.6 Å². The molecule has 0 spiro atoms. The highest BCUT2D eigenvalue weighted by atomic mass is 16.5.